The highest BCUT2D eigenvalue weighted by Gasteiger charge is 2.14. The number of carbonyl (C=O) groups is 1. The molecular weight excluding hydrogens is 368 g/mol. The molecule has 1 fully saturated rings. The molecule has 0 spiro atoms. The Hall–Kier alpha value is -1.85. The number of hydrogen-bond donors (Lipinski definition) is 1. The first-order valence-electron chi connectivity index (χ1n) is 8.10. The van der Waals surface area contributed by atoms with Crippen LogP contribution in [0.1, 0.15) is 11.1 Å². The smallest absolute Gasteiger partial charge is 0.228 e. The van der Waals surface area contributed by atoms with E-state index in [2.05, 4.69) is 26.1 Å². The monoisotopic (exact) mass is 388 g/mol. The Morgan fingerprint density at radius 1 is 1.21 bits per heavy atom. The summed E-state index contributed by atoms with van der Waals surface area (Å²) < 4.78 is 6.37. The molecule has 5 heteroatoms. The molecule has 1 N–H and O–H groups in total. The van der Waals surface area contributed by atoms with Crippen molar-refractivity contribution in [3.05, 3.63) is 58.1 Å². The number of rotatable bonds is 4. The lowest BCUT2D eigenvalue weighted by molar-refractivity contribution is -0.115. The molecule has 0 radical (unpaired) electrons. The van der Waals surface area contributed by atoms with Gasteiger partial charge in [0.1, 0.15) is 0 Å². The zero-order valence-electron chi connectivity index (χ0n) is 13.7. The van der Waals surface area contributed by atoms with E-state index in [0.29, 0.717) is 6.42 Å². The highest BCUT2D eigenvalue weighted by molar-refractivity contribution is 9.10. The second kappa shape index (κ2) is 7.81. The van der Waals surface area contributed by atoms with Gasteiger partial charge in [-0.05, 0) is 52.2 Å². The molecule has 0 saturated carbocycles. The van der Waals surface area contributed by atoms with E-state index in [9.17, 15) is 4.79 Å². The molecule has 0 unspecified atom stereocenters. The van der Waals surface area contributed by atoms with Crippen molar-refractivity contribution in [2.75, 3.05) is 36.5 Å². The number of benzene rings is 2. The molecular formula is C19H21BrN2O2. The van der Waals surface area contributed by atoms with Gasteiger partial charge in [0.05, 0.1) is 25.3 Å². The molecule has 0 atom stereocenters. The van der Waals surface area contributed by atoms with Crippen LogP contribution in [0.5, 0.6) is 0 Å². The third-order valence-corrected chi connectivity index (χ3v) is 4.83. The van der Waals surface area contributed by atoms with E-state index < -0.39 is 0 Å². The van der Waals surface area contributed by atoms with Gasteiger partial charge in [-0.15, -0.1) is 0 Å². The minimum Gasteiger partial charge on any atom is -0.378 e. The number of nitrogens with zero attached hydrogens (tertiary/aromatic N) is 1. The van der Waals surface area contributed by atoms with Crippen molar-refractivity contribution in [3.63, 3.8) is 0 Å². The predicted octanol–water partition coefficient (Wildman–Crippen LogP) is 3.78. The molecule has 0 bridgehead atoms. The molecule has 2 aromatic carbocycles. The number of nitrogens with one attached hydrogen (secondary N) is 1. The molecule has 0 aromatic heterocycles. The fourth-order valence-electron chi connectivity index (χ4n) is 2.83. The summed E-state index contributed by atoms with van der Waals surface area (Å²) in [5.41, 5.74) is 4.13. The van der Waals surface area contributed by atoms with Gasteiger partial charge in [0, 0.05) is 23.2 Å². The Morgan fingerprint density at radius 3 is 2.67 bits per heavy atom. The minimum atomic E-state index is -0.00433. The third kappa shape index (κ3) is 4.16. The second-order valence-corrected chi connectivity index (χ2v) is 6.77. The van der Waals surface area contributed by atoms with Crippen molar-refractivity contribution in [1.82, 2.24) is 0 Å². The van der Waals surface area contributed by atoms with Gasteiger partial charge in [-0.3, -0.25) is 4.79 Å². The highest BCUT2D eigenvalue weighted by Crippen LogP contribution is 2.30. The predicted molar refractivity (Wildman–Crippen MR) is 101 cm³/mol. The Balaban J connectivity index is 1.66. The zero-order valence-corrected chi connectivity index (χ0v) is 15.3. The van der Waals surface area contributed by atoms with E-state index in [1.807, 2.05) is 49.4 Å². The number of hydrogen-bond acceptors (Lipinski definition) is 3. The van der Waals surface area contributed by atoms with Crippen LogP contribution in [0, 0.1) is 6.92 Å². The van der Waals surface area contributed by atoms with Gasteiger partial charge in [0.2, 0.25) is 5.91 Å². The lowest BCUT2D eigenvalue weighted by Gasteiger charge is -2.29. The average Bonchev–Trinajstić information content (AvgIpc) is 2.58. The Bertz CT molecular complexity index is 727. The molecule has 1 aliphatic heterocycles. The first-order chi connectivity index (χ1) is 11.6. The number of anilines is 2. The van der Waals surface area contributed by atoms with Gasteiger partial charge in [0.25, 0.3) is 0 Å². The summed E-state index contributed by atoms with van der Waals surface area (Å²) in [4.78, 5) is 14.6. The number of halogens is 1. The van der Waals surface area contributed by atoms with Crippen molar-refractivity contribution < 1.29 is 9.53 Å². The zero-order chi connectivity index (χ0) is 16.9. The van der Waals surface area contributed by atoms with Gasteiger partial charge in [0.15, 0.2) is 0 Å². The van der Waals surface area contributed by atoms with E-state index in [1.165, 1.54) is 0 Å². The van der Waals surface area contributed by atoms with Gasteiger partial charge in [-0.25, -0.2) is 0 Å². The fraction of sp³-hybridized carbons (Fsp3) is 0.316. The van der Waals surface area contributed by atoms with E-state index in [-0.39, 0.29) is 5.91 Å². The van der Waals surface area contributed by atoms with Crippen molar-refractivity contribution in [2.24, 2.45) is 0 Å². The summed E-state index contributed by atoms with van der Waals surface area (Å²) in [6.45, 7) is 5.30. The quantitative estimate of drug-likeness (QED) is 0.866. The molecule has 0 aliphatic carbocycles. The Labute approximate surface area is 150 Å². The summed E-state index contributed by atoms with van der Waals surface area (Å²) in [6.07, 6.45) is 0.384. The van der Waals surface area contributed by atoms with Crippen LogP contribution in [0.25, 0.3) is 0 Å². The standard InChI is InChI=1S/C19H21BrN2O2/c1-14-4-2-3-5-15(14)12-19(23)21-16-6-7-18(17(20)13-16)22-8-10-24-11-9-22/h2-7,13H,8-12H2,1H3,(H,21,23). The molecule has 1 saturated heterocycles. The minimum absolute atomic E-state index is 0.00433. The van der Waals surface area contributed by atoms with Crippen molar-refractivity contribution >= 4 is 33.2 Å². The van der Waals surface area contributed by atoms with Crippen LogP contribution < -0.4 is 10.2 Å². The first-order valence-corrected chi connectivity index (χ1v) is 8.89. The number of amides is 1. The lowest BCUT2D eigenvalue weighted by atomic mass is 10.1. The fourth-order valence-corrected chi connectivity index (χ4v) is 3.46. The van der Waals surface area contributed by atoms with Gasteiger partial charge in [-0.2, -0.15) is 0 Å². The van der Waals surface area contributed by atoms with E-state index in [1.54, 1.807) is 0 Å². The van der Waals surface area contributed by atoms with Gasteiger partial charge < -0.3 is 15.0 Å². The molecule has 1 aliphatic rings. The summed E-state index contributed by atoms with van der Waals surface area (Å²) in [5.74, 6) is -0.00433. The van der Waals surface area contributed by atoms with Crippen LogP contribution in [0.4, 0.5) is 11.4 Å². The molecule has 4 nitrogen and oxygen atoms in total. The average molecular weight is 389 g/mol. The largest absolute Gasteiger partial charge is 0.378 e. The Kier molecular flexibility index (Phi) is 5.53. The van der Waals surface area contributed by atoms with E-state index in [4.69, 9.17) is 4.74 Å². The summed E-state index contributed by atoms with van der Waals surface area (Å²) in [6, 6.07) is 13.9. The molecule has 3 rings (SSSR count). The van der Waals surface area contributed by atoms with E-state index >= 15 is 0 Å². The SMILES string of the molecule is Cc1ccccc1CC(=O)Nc1ccc(N2CCOCC2)c(Br)c1. The molecule has 1 amide bonds. The van der Waals surface area contributed by atoms with Crippen LogP contribution in [0.2, 0.25) is 0 Å². The van der Waals surface area contributed by atoms with Crippen LogP contribution in [0.15, 0.2) is 46.9 Å². The van der Waals surface area contributed by atoms with E-state index in [0.717, 1.165) is 53.3 Å². The normalized spacial score (nSPS) is 14.5. The maximum atomic E-state index is 12.3. The molecule has 24 heavy (non-hydrogen) atoms. The number of carbonyl (C=O) groups excluding carboxylic acids is 1. The van der Waals surface area contributed by atoms with Crippen molar-refractivity contribution in [1.29, 1.82) is 0 Å². The van der Waals surface area contributed by atoms with Crippen LogP contribution in [0.3, 0.4) is 0 Å². The summed E-state index contributed by atoms with van der Waals surface area (Å²) in [5, 5.41) is 2.98. The van der Waals surface area contributed by atoms with Gasteiger partial charge >= 0.3 is 0 Å². The first kappa shape index (κ1) is 17.0. The maximum Gasteiger partial charge on any atom is 0.228 e. The third-order valence-electron chi connectivity index (χ3n) is 4.20. The highest BCUT2D eigenvalue weighted by atomic mass is 79.9. The topological polar surface area (TPSA) is 41.6 Å². The second-order valence-electron chi connectivity index (χ2n) is 5.92. The summed E-state index contributed by atoms with van der Waals surface area (Å²) in [7, 11) is 0. The molecule has 2 aromatic rings. The van der Waals surface area contributed by atoms with Gasteiger partial charge in [-0.1, -0.05) is 24.3 Å². The number of aryl methyl sites for hydroxylation is 1. The van der Waals surface area contributed by atoms with Crippen LogP contribution in [-0.4, -0.2) is 32.2 Å². The Morgan fingerprint density at radius 2 is 1.96 bits per heavy atom. The number of ether oxygens (including phenoxy) is 1. The number of morpholine rings is 1. The molecule has 126 valence electrons. The lowest BCUT2D eigenvalue weighted by Crippen LogP contribution is -2.36. The van der Waals surface area contributed by atoms with Crippen LogP contribution >= 0.6 is 15.9 Å². The molecule has 1 heterocycles. The summed E-state index contributed by atoms with van der Waals surface area (Å²) >= 11 is 3.62. The maximum absolute atomic E-state index is 12.3. The van der Waals surface area contributed by atoms with Crippen LogP contribution in [-0.2, 0) is 16.0 Å². The van der Waals surface area contributed by atoms with Crippen molar-refractivity contribution in [3.8, 4) is 0 Å². The van der Waals surface area contributed by atoms with Crippen molar-refractivity contribution in [2.45, 2.75) is 13.3 Å².